The first-order chi connectivity index (χ1) is 6.76. The SMILES string of the molecule is NC(C=C(CCO)CP(=O)(O)O)C(=O)O. The van der Waals surface area contributed by atoms with E-state index in [0.29, 0.717) is 0 Å². The van der Waals surface area contributed by atoms with Crippen LogP contribution in [0.1, 0.15) is 6.42 Å². The molecular formula is C7H14NO6P. The van der Waals surface area contributed by atoms with Gasteiger partial charge in [0.05, 0.1) is 6.16 Å². The minimum absolute atomic E-state index is 0.00785. The van der Waals surface area contributed by atoms with Crippen molar-refractivity contribution in [3.05, 3.63) is 11.6 Å². The van der Waals surface area contributed by atoms with E-state index in [1.54, 1.807) is 0 Å². The molecule has 0 aromatic heterocycles. The van der Waals surface area contributed by atoms with Gasteiger partial charge in [-0.15, -0.1) is 0 Å². The van der Waals surface area contributed by atoms with Crippen LogP contribution in [0.15, 0.2) is 11.6 Å². The van der Waals surface area contributed by atoms with Gasteiger partial charge in [0.15, 0.2) is 0 Å². The number of aliphatic hydroxyl groups excluding tert-OH is 1. The Labute approximate surface area is 86.4 Å². The molecule has 6 N–H and O–H groups in total. The highest BCUT2D eigenvalue weighted by atomic mass is 31.2. The monoisotopic (exact) mass is 239 g/mol. The van der Waals surface area contributed by atoms with Crippen LogP contribution >= 0.6 is 7.60 Å². The van der Waals surface area contributed by atoms with E-state index in [1.165, 1.54) is 0 Å². The van der Waals surface area contributed by atoms with Gasteiger partial charge in [-0.2, -0.15) is 0 Å². The molecule has 15 heavy (non-hydrogen) atoms. The van der Waals surface area contributed by atoms with Gasteiger partial charge in [-0.1, -0.05) is 11.6 Å². The van der Waals surface area contributed by atoms with Crippen LogP contribution in [-0.4, -0.2) is 44.8 Å². The second-order valence-corrected chi connectivity index (χ2v) is 4.63. The van der Waals surface area contributed by atoms with Gasteiger partial charge in [-0.05, 0) is 6.42 Å². The molecule has 0 saturated carbocycles. The van der Waals surface area contributed by atoms with Crippen molar-refractivity contribution in [3.63, 3.8) is 0 Å². The third-order valence-corrected chi connectivity index (χ3v) is 2.36. The van der Waals surface area contributed by atoms with Gasteiger partial charge in [-0.3, -0.25) is 9.36 Å². The molecule has 0 spiro atoms. The molecule has 0 rings (SSSR count). The van der Waals surface area contributed by atoms with Crippen LogP contribution in [0, 0.1) is 0 Å². The maximum Gasteiger partial charge on any atom is 0.329 e. The molecule has 0 amide bonds. The lowest BCUT2D eigenvalue weighted by Gasteiger charge is -2.09. The van der Waals surface area contributed by atoms with E-state index in [-0.39, 0.29) is 18.6 Å². The van der Waals surface area contributed by atoms with Crippen LogP contribution in [0.5, 0.6) is 0 Å². The van der Waals surface area contributed by atoms with Crippen molar-refractivity contribution >= 4 is 13.6 Å². The van der Waals surface area contributed by atoms with Crippen molar-refractivity contribution in [3.8, 4) is 0 Å². The number of carbonyl (C=O) groups is 1. The normalized spacial score (nSPS) is 15.1. The summed E-state index contributed by atoms with van der Waals surface area (Å²) in [7, 11) is -4.27. The lowest BCUT2D eigenvalue weighted by molar-refractivity contribution is -0.137. The molecule has 0 aliphatic heterocycles. The summed E-state index contributed by atoms with van der Waals surface area (Å²) in [6.07, 6.45) is 0.443. The Morgan fingerprint density at radius 1 is 1.47 bits per heavy atom. The molecule has 7 nitrogen and oxygen atoms in total. The number of hydrogen-bond acceptors (Lipinski definition) is 4. The van der Waals surface area contributed by atoms with Crippen molar-refractivity contribution in [2.75, 3.05) is 12.8 Å². The lowest BCUT2D eigenvalue weighted by Crippen LogP contribution is -2.28. The fourth-order valence-corrected chi connectivity index (χ4v) is 1.74. The van der Waals surface area contributed by atoms with E-state index in [0.717, 1.165) is 6.08 Å². The summed E-state index contributed by atoms with van der Waals surface area (Å²) < 4.78 is 10.7. The zero-order chi connectivity index (χ0) is 12.1. The Balaban J connectivity index is 4.65. The average Bonchev–Trinajstić information content (AvgIpc) is 2.00. The highest BCUT2D eigenvalue weighted by Gasteiger charge is 2.18. The van der Waals surface area contributed by atoms with Crippen LogP contribution in [0.25, 0.3) is 0 Å². The lowest BCUT2D eigenvalue weighted by atomic mass is 10.1. The van der Waals surface area contributed by atoms with Gasteiger partial charge < -0.3 is 25.7 Å². The first kappa shape index (κ1) is 14.3. The van der Waals surface area contributed by atoms with Crippen LogP contribution in [0.3, 0.4) is 0 Å². The summed E-state index contributed by atoms with van der Waals surface area (Å²) in [4.78, 5) is 27.7. The van der Waals surface area contributed by atoms with Crippen molar-refractivity contribution in [2.24, 2.45) is 5.73 Å². The second kappa shape index (κ2) is 5.99. The van der Waals surface area contributed by atoms with Gasteiger partial charge in [0.1, 0.15) is 6.04 Å². The predicted octanol–water partition coefficient (Wildman–Crippen LogP) is -1.12. The van der Waals surface area contributed by atoms with Gasteiger partial charge >= 0.3 is 13.6 Å². The van der Waals surface area contributed by atoms with Crippen LogP contribution in [-0.2, 0) is 9.36 Å². The summed E-state index contributed by atoms with van der Waals surface area (Å²) >= 11 is 0. The Hall–Kier alpha value is -0.720. The Kier molecular flexibility index (Phi) is 5.71. The minimum Gasteiger partial charge on any atom is -0.480 e. The average molecular weight is 239 g/mol. The molecule has 0 bridgehead atoms. The molecule has 0 fully saturated rings. The maximum absolute atomic E-state index is 10.7. The van der Waals surface area contributed by atoms with Crippen LogP contribution in [0.4, 0.5) is 0 Å². The zero-order valence-electron chi connectivity index (χ0n) is 7.91. The Morgan fingerprint density at radius 3 is 2.33 bits per heavy atom. The second-order valence-electron chi connectivity index (χ2n) is 2.99. The third kappa shape index (κ3) is 7.24. The quantitative estimate of drug-likeness (QED) is 0.292. The predicted molar refractivity (Wildman–Crippen MR) is 52.3 cm³/mol. The van der Waals surface area contributed by atoms with E-state index in [2.05, 4.69) is 0 Å². The van der Waals surface area contributed by atoms with E-state index in [1.807, 2.05) is 0 Å². The molecule has 1 atom stereocenters. The summed E-state index contributed by atoms with van der Waals surface area (Å²) in [5.74, 6) is -1.30. The zero-order valence-corrected chi connectivity index (χ0v) is 8.80. The first-order valence-electron chi connectivity index (χ1n) is 4.09. The molecule has 1 unspecified atom stereocenters. The smallest absolute Gasteiger partial charge is 0.329 e. The largest absolute Gasteiger partial charge is 0.480 e. The van der Waals surface area contributed by atoms with Crippen molar-refractivity contribution in [2.45, 2.75) is 12.5 Å². The number of aliphatic hydroxyl groups is 1. The maximum atomic E-state index is 10.7. The molecule has 0 aliphatic carbocycles. The highest BCUT2D eigenvalue weighted by Crippen LogP contribution is 2.37. The van der Waals surface area contributed by atoms with Gasteiger partial charge in [0, 0.05) is 6.61 Å². The van der Waals surface area contributed by atoms with Crippen molar-refractivity contribution in [1.29, 1.82) is 0 Å². The van der Waals surface area contributed by atoms with Crippen molar-refractivity contribution in [1.82, 2.24) is 0 Å². The van der Waals surface area contributed by atoms with E-state index >= 15 is 0 Å². The Bertz CT molecular complexity index is 296. The van der Waals surface area contributed by atoms with Gasteiger partial charge in [0.2, 0.25) is 0 Å². The van der Waals surface area contributed by atoms with Crippen LogP contribution < -0.4 is 5.73 Å². The summed E-state index contributed by atoms with van der Waals surface area (Å²) in [5.41, 5.74) is 5.30. The fourth-order valence-electron chi connectivity index (χ4n) is 0.948. The molecule has 0 aromatic rings. The van der Waals surface area contributed by atoms with E-state index in [4.69, 9.17) is 25.7 Å². The topological polar surface area (TPSA) is 141 Å². The molecule has 0 radical (unpaired) electrons. The number of carboxylic acid groups (broad SMARTS) is 1. The van der Waals surface area contributed by atoms with Gasteiger partial charge in [0.25, 0.3) is 0 Å². The minimum atomic E-state index is -4.27. The molecule has 0 heterocycles. The molecule has 0 aromatic carbocycles. The number of carboxylic acids is 1. The van der Waals surface area contributed by atoms with Gasteiger partial charge in [-0.25, -0.2) is 0 Å². The Morgan fingerprint density at radius 2 is 2.00 bits per heavy atom. The highest BCUT2D eigenvalue weighted by molar-refractivity contribution is 7.52. The third-order valence-electron chi connectivity index (χ3n) is 1.54. The number of nitrogens with two attached hydrogens (primary N) is 1. The first-order valence-corrected chi connectivity index (χ1v) is 5.89. The number of hydrogen-bond donors (Lipinski definition) is 5. The fraction of sp³-hybridized carbons (Fsp3) is 0.571. The molecular weight excluding hydrogens is 225 g/mol. The standard InChI is InChI=1S/C7H14NO6P/c8-6(7(10)11)3-5(1-2-9)4-15(12,13)14/h3,6,9H,1-2,4,8H2,(H,10,11)(H2,12,13,14). The number of rotatable bonds is 6. The van der Waals surface area contributed by atoms with Crippen molar-refractivity contribution < 1.29 is 29.4 Å². The van der Waals surface area contributed by atoms with E-state index in [9.17, 15) is 9.36 Å². The molecule has 0 saturated heterocycles. The molecule has 88 valence electrons. The summed E-state index contributed by atoms with van der Waals surface area (Å²) in [6, 6.07) is -1.32. The summed E-state index contributed by atoms with van der Waals surface area (Å²) in [6.45, 7) is -0.321. The van der Waals surface area contributed by atoms with Crippen LogP contribution in [0.2, 0.25) is 0 Å². The number of aliphatic carboxylic acids is 1. The summed E-state index contributed by atoms with van der Waals surface area (Å²) in [5, 5.41) is 17.1. The van der Waals surface area contributed by atoms with E-state index < -0.39 is 25.8 Å². The molecule has 8 heteroatoms. The molecule has 0 aliphatic rings.